The normalized spacial score (nSPS) is 19.7. The van der Waals surface area contributed by atoms with Gasteiger partial charge in [-0.25, -0.2) is 4.98 Å². The molecule has 0 bridgehead atoms. The van der Waals surface area contributed by atoms with Gasteiger partial charge in [0.15, 0.2) is 0 Å². The summed E-state index contributed by atoms with van der Waals surface area (Å²) in [5, 5.41) is 15.5. The summed E-state index contributed by atoms with van der Waals surface area (Å²) in [6, 6.07) is 5.70. The van der Waals surface area contributed by atoms with Crippen LogP contribution in [-0.4, -0.2) is 40.8 Å². The van der Waals surface area contributed by atoms with Crippen molar-refractivity contribution in [2.45, 2.75) is 52.0 Å². The van der Waals surface area contributed by atoms with Crippen LogP contribution in [0.15, 0.2) is 23.7 Å². The Balaban J connectivity index is 1.75. The summed E-state index contributed by atoms with van der Waals surface area (Å²) < 4.78 is 5.98. The fraction of sp³-hybridized carbons (Fsp3) is 0.474. The van der Waals surface area contributed by atoms with Crippen molar-refractivity contribution in [2.24, 2.45) is 0 Å². The number of hydrogen-bond donors (Lipinski definition) is 3. The first-order valence-electron chi connectivity index (χ1n) is 8.83. The van der Waals surface area contributed by atoms with Crippen molar-refractivity contribution in [2.75, 3.05) is 6.54 Å². The lowest BCUT2D eigenvalue weighted by Crippen LogP contribution is -2.40. The van der Waals surface area contributed by atoms with Gasteiger partial charge < -0.3 is 20.5 Å². The van der Waals surface area contributed by atoms with Gasteiger partial charge in [-0.1, -0.05) is 12.1 Å². The monoisotopic (exact) mass is 375 g/mol. The molecule has 1 aromatic heterocycles. The third-order valence-corrected chi connectivity index (χ3v) is 5.29. The van der Waals surface area contributed by atoms with Crippen molar-refractivity contribution in [1.82, 2.24) is 15.6 Å². The number of hydrogen-bond acceptors (Lipinski definition) is 6. The van der Waals surface area contributed by atoms with Crippen LogP contribution in [0.2, 0.25) is 0 Å². The average Bonchev–Trinajstić information content (AvgIpc) is 3.21. The van der Waals surface area contributed by atoms with E-state index in [4.69, 9.17) is 4.74 Å². The highest BCUT2D eigenvalue weighted by Crippen LogP contribution is 2.32. The maximum atomic E-state index is 12.3. The summed E-state index contributed by atoms with van der Waals surface area (Å²) in [4.78, 5) is 17.7. The Bertz CT molecular complexity index is 775. The van der Waals surface area contributed by atoms with Crippen molar-refractivity contribution in [3.05, 3.63) is 35.0 Å². The molecule has 26 heavy (non-hydrogen) atoms. The Hall–Kier alpha value is -1.96. The van der Waals surface area contributed by atoms with Crippen LogP contribution >= 0.6 is 11.3 Å². The van der Waals surface area contributed by atoms with Gasteiger partial charge >= 0.3 is 0 Å². The van der Waals surface area contributed by atoms with E-state index in [1.54, 1.807) is 11.3 Å². The van der Waals surface area contributed by atoms with Gasteiger partial charge in [0.05, 0.1) is 34.3 Å². The minimum atomic E-state index is -0.451. The van der Waals surface area contributed by atoms with Gasteiger partial charge in [-0.15, -0.1) is 11.3 Å². The number of rotatable bonds is 6. The van der Waals surface area contributed by atoms with Gasteiger partial charge in [-0.3, -0.25) is 4.79 Å². The van der Waals surface area contributed by atoms with Crippen LogP contribution in [0.25, 0.3) is 10.4 Å². The molecule has 7 heteroatoms. The molecule has 1 aliphatic heterocycles. The molecule has 1 aromatic carbocycles. The smallest absolute Gasteiger partial charge is 0.237 e. The largest absolute Gasteiger partial charge is 0.491 e. The molecule has 6 nitrogen and oxygen atoms in total. The Morgan fingerprint density at radius 3 is 2.92 bits per heavy atom. The summed E-state index contributed by atoms with van der Waals surface area (Å²) in [5.41, 5.74) is 4.83. The first-order chi connectivity index (χ1) is 12.4. The second kappa shape index (κ2) is 8.16. The SMILES string of the molecule is Cc1ncsc1-c1ccc(CNC(=O)[C@@H]2C[C@@H](O)CN2)c(OC(C)C)c1. The number of carbonyl (C=O) groups excluding carboxylic acids is 1. The number of amides is 1. The molecule has 1 aliphatic rings. The Morgan fingerprint density at radius 1 is 1.50 bits per heavy atom. The lowest BCUT2D eigenvalue weighted by Gasteiger charge is -2.17. The minimum absolute atomic E-state index is 0.0360. The number of nitrogens with zero attached hydrogens (tertiary/aromatic N) is 1. The van der Waals surface area contributed by atoms with Crippen molar-refractivity contribution in [3.8, 4) is 16.2 Å². The first kappa shape index (κ1) is 18.8. The van der Waals surface area contributed by atoms with E-state index in [1.165, 1.54) is 0 Å². The summed E-state index contributed by atoms with van der Waals surface area (Å²) in [6.07, 6.45) is 0.0338. The first-order valence-corrected chi connectivity index (χ1v) is 9.71. The van der Waals surface area contributed by atoms with Crippen LogP contribution in [0, 0.1) is 6.92 Å². The van der Waals surface area contributed by atoms with Crippen molar-refractivity contribution < 1.29 is 14.6 Å². The van der Waals surface area contributed by atoms with Gasteiger partial charge in [0, 0.05) is 18.7 Å². The number of aliphatic hydroxyl groups is 1. The third-order valence-electron chi connectivity index (χ3n) is 4.31. The molecule has 0 unspecified atom stereocenters. The van der Waals surface area contributed by atoms with Crippen LogP contribution in [0.5, 0.6) is 5.75 Å². The molecule has 140 valence electrons. The second-order valence-corrected chi connectivity index (χ2v) is 7.68. The fourth-order valence-electron chi connectivity index (χ4n) is 3.01. The van der Waals surface area contributed by atoms with Crippen molar-refractivity contribution >= 4 is 17.2 Å². The maximum absolute atomic E-state index is 12.3. The fourth-order valence-corrected chi connectivity index (χ4v) is 3.81. The molecule has 0 aliphatic carbocycles. The molecule has 3 rings (SSSR count). The summed E-state index contributed by atoms with van der Waals surface area (Å²) >= 11 is 1.60. The highest BCUT2D eigenvalue weighted by Gasteiger charge is 2.27. The van der Waals surface area contributed by atoms with Gasteiger partial charge in [0.25, 0.3) is 0 Å². The number of aliphatic hydroxyl groups excluding tert-OH is 1. The van der Waals surface area contributed by atoms with Crippen LogP contribution in [0.3, 0.4) is 0 Å². The standard InChI is InChI=1S/C19H25N3O3S/c1-11(2)25-17-6-13(18-12(3)22-10-26-18)4-5-14(17)8-21-19(24)16-7-15(23)9-20-16/h4-6,10-11,15-16,20,23H,7-9H2,1-3H3,(H,21,24)/t15-,16+/m1/s1. The van der Waals surface area contributed by atoms with E-state index in [-0.39, 0.29) is 18.1 Å². The Morgan fingerprint density at radius 2 is 2.31 bits per heavy atom. The summed E-state index contributed by atoms with van der Waals surface area (Å²) in [7, 11) is 0. The molecule has 0 saturated carbocycles. The molecule has 0 spiro atoms. The molecule has 3 N–H and O–H groups in total. The molecule has 1 amide bonds. The molecule has 1 saturated heterocycles. The summed E-state index contributed by atoms with van der Waals surface area (Å²) in [6.45, 7) is 6.80. The topological polar surface area (TPSA) is 83.5 Å². The Labute approximate surface area is 157 Å². The number of nitrogens with one attached hydrogen (secondary N) is 2. The van der Waals surface area contributed by atoms with Gasteiger partial charge in [0.2, 0.25) is 5.91 Å². The highest BCUT2D eigenvalue weighted by atomic mass is 32.1. The molecule has 2 atom stereocenters. The highest BCUT2D eigenvalue weighted by molar-refractivity contribution is 7.13. The van der Waals surface area contributed by atoms with E-state index < -0.39 is 6.10 Å². The van der Waals surface area contributed by atoms with Crippen LogP contribution < -0.4 is 15.4 Å². The lowest BCUT2D eigenvalue weighted by molar-refractivity contribution is -0.123. The van der Waals surface area contributed by atoms with Crippen LogP contribution in [-0.2, 0) is 11.3 Å². The third kappa shape index (κ3) is 4.41. The predicted molar refractivity (Wildman–Crippen MR) is 102 cm³/mol. The molecule has 2 aromatic rings. The van der Waals surface area contributed by atoms with Crippen LogP contribution in [0.1, 0.15) is 31.5 Å². The summed E-state index contributed by atoms with van der Waals surface area (Å²) in [5.74, 6) is 0.671. The molecular formula is C19H25N3O3S. The van der Waals surface area contributed by atoms with E-state index in [1.807, 2.05) is 44.5 Å². The molecule has 1 fully saturated rings. The zero-order chi connectivity index (χ0) is 18.7. The molecular weight excluding hydrogens is 350 g/mol. The number of aromatic nitrogens is 1. The zero-order valence-electron chi connectivity index (χ0n) is 15.3. The van der Waals surface area contributed by atoms with E-state index >= 15 is 0 Å². The predicted octanol–water partition coefficient (Wildman–Crippen LogP) is 2.24. The number of ether oxygens (including phenoxy) is 1. The number of aryl methyl sites for hydroxylation is 1. The molecule has 0 radical (unpaired) electrons. The Kier molecular flexibility index (Phi) is 5.90. The molecule has 2 heterocycles. The van der Waals surface area contributed by atoms with E-state index in [0.29, 0.717) is 19.5 Å². The minimum Gasteiger partial charge on any atom is -0.491 e. The number of thiazole rings is 1. The maximum Gasteiger partial charge on any atom is 0.237 e. The lowest BCUT2D eigenvalue weighted by atomic mass is 10.1. The average molecular weight is 375 g/mol. The van der Waals surface area contributed by atoms with Crippen LogP contribution in [0.4, 0.5) is 0 Å². The van der Waals surface area contributed by atoms with E-state index in [0.717, 1.165) is 27.4 Å². The van der Waals surface area contributed by atoms with Crippen molar-refractivity contribution in [3.63, 3.8) is 0 Å². The van der Waals surface area contributed by atoms with Crippen molar-refractivity contribution in [1.29, 1.82) is 0 Å². The number of carbonyl (C=O) groups is 1. The van der Waals surface area contributed by atoms with Gasteiger partial charge in [-0.2, -0.15) is 0 Å². The number of β-amino-alcohol motifs (C(OH)–C–C–N with tert-alkyl or cyclic N) is 1. The quantitative estimate of drug-likeness (QED) is 0.721. The van der Waals surface area contributed by atoms with E-state index in [2.05, 4.69) is 15.6 Å². The zero-order valence-corrected chi connectivity index (χ0v) is 16.1. The van der Waals surface area contributed by atoms with Gasteiger partial charge in [0.1, 0.15) is 5.75 Å². The second-order valence-electron chi connectivity index (χ2n) is 6.82. The van der Waals surface area contributed by atoms with E-state index in [9.17, 15) is 9.90 Å². The number of benzene rings is 1. The van der Waals surface area contributed by atoms with Gasteiger partial charge in [-0.05, 0) is 38.8 Å².